The molecule has 112 valence electrons. The molecule has 1 aliphatic rings. The zero-order chi connectivity index (χ0) is 15.7. The Morgan fingerprint density at radius 1 is 1.32 bits per heavy atom. The number of carbonyl (C=O) groups excluding carboxylic acids is 1. The number of hydrogen-bond acceptors (Lipinski definition) is 3. The van der Waals surface area contributed by atoms with E-state index in [2.05, 4.69) is 10.3 Å². The van der Waals surface area contributed by atoms with E-state index in [9.17, 15) is 4.79 Å². The van der Waals surface area contributed by atoms with Crippen LogP contribution in [0.4, 0.5) is 5.69 Å². The molecule has 1 saturated heterocycles. The summed E-state index contributed by atoms with van der Waals surface area (Å²) in [4.78, 5) is 17.1. The fraction of sp³-hybridized carbons (Fsp3) is 0.125. The number of aliphatic imine (C=N–C) groups is 1. The van der Waals surface area contributed by atoms with Crippen molar-refractivity contribution in [3.63, 3.8) is 0 Å². The van der Waals surface area contributed by atoms with Crippen LogP contribution in [0.15, 0.2) is 46.3 Å². The fourth-order valence-corrected chi connectivity index (χ4v) is 3.07. The summed E-state index contributed by atoms with van der Waals surface area (Å²) in [5, 5.41) is 3.95. The van der Waals surface area contributed by atoms with Gasteiger partial charge in [-0.3, -0.25) is 4.79 Å². The average molecular weight is 332 g/mol. The fourth-order valence-electron chi connectivity index (χ4n) is 2.06. The smallest absolute Gasteiger partial charge is 0.264 e. The lowest BCUT2D eigenvalue weighted by Gasteiger charge is -2.00. The van der Waals surface area contributed by atoms with Crippen molar-refractivity contribution in [1.29, 1.82) is 0 Å². The van der Waals surface area contributed by atoms with E-state index in [1.807, 2.05) is 48.9 Å². The van der Waals surface area contributed by atoms with Gasteiger partial charge < -0.3 is 9.88 Å². The second-order valence-electron chi connectivity index (χ2n) is 4.92. The van der Waals surface area contributed by atoms with Crippen LogP contribution in [0, 0.1) is 6.92 Å². The van der Waals surface area contributed by atoms with Crippen LogP contribution in [-0.4, -0.2) is 15.6 Å². The molecule has 2 heterocycles. The summed E-state index contributed by atoms with van der Waals surface area (Å²) in [5.74, 6) is -0.135. The summed E-state index contributed by atoms with van der Waals surface area (Å²) < 4.78 is 2.03. The summed E-state index contributed by atoms with van der Waals surface area (Å²) >= 11 is 7.26. The van der Waals surface area contributed by atoms with Gasteiger partial charge in [-0.2, -0.15) is 0 Å². The molecule has 1 amide bonds. The summed E-state index contributed by atoms with van der Waals surface area (Å²) in [6, 6.07) is 11.2. The summed E-state index contributed by atoms with van der Waals surface area (Å²) in [5.41, 5.74) is 2.84. The molecule has 1 aromatic heterocycles. The van der Waals surface area contributed by atoms with Crippen molar-refractivity contribution in [1.82, 2.24) is 9.88 Å². The average Bonchev–Trinajstić information content (AvgIpc) is 2.96. The molecule has 0 radical (unpaired) electrons. The number of nitrogens with one attached hydrogen (secondary N) is 1. The molecular weight excluding hydrogens is 318 g/mol. The third-order valence-electron chi connectivity index (χ3n) is 3.38. The van der Waals surface area contributed by atoms with Gasteiger partial charge in [0, 0.05) is 23.5 Å². The minimum atomic E-state index is -0.135. The lowest BCUT2D eigenvalue weighted by molar-refractivity contribution is -0.115. The van der Waals surface area contributed by atoms with E-state index < -0.39 is 0 Å². The highest BCUT2D eigenvalue weighted by atomic mass is 35.5. The largest absolute Gasteiger partial charge is 0.348 e. The summed E-state index contributed by atoms with van der Waals surface area (Å²) in [7, 11) is 1.97. The maximum Gasteiger partial charge on any atom is 0.264 e. The SMILES string of the molecule is Cc1ccc(/C=C2\SC(=Nc3cccc(Cl)c3)NC2=O)n1C. The second-order valence-corrected chi connectivity index (χ2v) is 6.39. The van der Waals surface area contributed by atoms with Gasteiger partial charge in [0.1, 0.15) is 0 Å². The molecule has 1 N–H and O–H groups in total. The van der Waals surface area contributed by atoms with Gasteiger partial charge in [-0.05, 0) is 55.1 Å². The van der Waals surface area contributed by atoms with Crippen molar-refractivity contribution in [2.45, 2.75) is 6.92 Å². The van der Waals surface area contributed by atoms with E-state index in [-0.39, 0.29) is 5.91 Å². The predicted molar refractivity (Wildman–Crippen MR) is 92.4 cm³/mol. The number of aromatic nitrogens is 1. The normalized spacial score (nSPS) is 18.2. The van der Waals surface area contributed by atoms with Gasteiger partial charge in [0.25, 0.3) is 5.91 Å². The number of amides is 1. The van der Waals surface area contributed by atoms with Gasteiger partial charge in [0.05, 0.1) is 10.6 Å². The maximum absolute atomic E-state index is 12.0. The van der Waals surface area contributed by atoms with Crippen molar-refractivity contribution in [2.75, 3.05) is 0 Å². The Kier molecular flexibility index (Phi) is 4.09. The van der Waals surface area contributed by atoms with Gasteiger partial charge in [0.15, 0.2) is 5.17 Å². The Balaban J connectivity index is 1.86. The molecule has 1 aromatic carbocycles. The number of thioether (sulfide) groups is 1. The zero-order valence-corrected chi connectivity index (χ0v) is 13.7. The van der Waals surface area contributed by atoms with Crippen LogP contribution in [0.5, 0.6) is 0 Å². The predicted octanol–water partition coefficient (Wildman–Crippen LogP) is 3.88. The number of rotatable bonds is 2. The molecule has 1 fully saturated rings. The third kappa shape index (κ3) is 3.10. The second kappa shape index (κ2) is 6.02. The van der Waals surface area contributed by atoms with Crippen LogP contribution in [-0.2, 0) is 11.8 Å². The number of carbonyl (C=O) groups is 1. The first-order valence-corrected chi connectivity index (χ1v) is 7.90. The summed E-state index contributed by atoms with van der Waals surface area (Å²) in [6.45, 7) is 2.02. The van der Waals surface area contributed by atoms with Gasteiger partial charge in [-0.15, -0.1) is 0 Å². The number of amidine groups is 1. The van der Waals surface area contributed by atoms with E-state index >= 15 is 0 Å². The van der Waals surface area contributed by atoms with E-state index in [1.54, 1.807) is 12.1 Å². The minimum absolute atomic E-state index is 0.135. The Morgan fingerprint density at radius 2 is 2.14 bits per heavy atom. The van der Waals surface area contributed by atoms with Crippen molar-refractivity contribution in [3.05, 3.63) is 57.7 Å². The van der Waals surface area contributed by atoms with Gasteiger partial charge in [-0.1, -0.05) is 17.7 Å². The molecule has 4 nitrogen and oxygen atoms in total. The van der Waals surface area contributed by atoms with E-state index in [4.69, 9.17) is 11.6 Å². The number of hydrogen-bond donors (Lipinski definition) is 1. The topological polar surface area (TPSA) is 46.4 Å². The molecule has 1 aliphatic heterocycles. The highest BCUT2D eigenvalue weighted by molar-refractivity contribution is 8.18. The van der Waals surface area contributed by atoms with Crippen LogP contribution in [0.3, 0.4) is 0 Å². The molecule has 22 heavy (non-hydrogen) atoms. The van der Waals surface area contributed by atoms with E-state index in [1.165, 1.54) is 11.8 Å². The Morgan fingerprint density at radius 3 is 2.82 bits per heavy atom. The van der Waals surface area contributed by atoms with Crippen LogP contribution < -0.4 is 5.32 Å². The monoisotopic (exact) mass is 331 g/mol. The van der Waals surface area contributed by atoms with Crippen LogP contribution >= 0.6 is 23.4 Å². The van der Waals surface area contributed by atoms with Gasteiger partial charge >= 0.3 is 0 Å². The Hall–Kier alpha value is -1.98. The van der Waals surface area contributed by atoms with Crippen LogP contribution in [0.1, 0.15) is 11.4 Å². The molecule has 3 rings (SSSR count). The molecule has 0 spiro atoms. The molecule has 0 bridgehead atoms. The molecular formula is C16H14ClN3OS. The quantitative estimate of drug-likeness (QED) is 0.849. The maximum atomic E-state index is 12.0. The van der Waals surface area contributed by atoms with Crippen LogP contribution in [0.25, 0.3) is 6.08 Å². The number of nitrogens with zero attached hydrogens (tertiary/aromatic N) is 2. The van der Waals surface area contributed by atoms with E-state index in [0.29, 0.717) is 20.8 Å². The first kappa shape index (κ1) is 14.9. The van der Waals surface area contributed by atoms with Crippen LogP contribution in [0.2, 0.25) is 5.02 Å². The molecule has 0 aliphatic carbocycles. The molecule has 0 saturated carbocycles. The highest BCUT2D eigenvalue weighted by Gasteiger charge is 2.24. The highest BCUT2D eigenvalue weighted by Crippen LogP contribution is 2.28. The number of aryl methyl sites for hydroxylation is 1. The van der Waals surface area contributed by atoms with E-state index in [0.717, 1.165) is 11.4 Å². The van der Waals surface area contributed by atoms with Crippen molar-refractivity contribution in [3.8, 4) is 0 Å². The first-order chi connectivity index (χ1) is 10.5. The molecule has 2 aromatic rings. The minimum Gasteiger partial charge on any atom is -0.348 e. The van der Waals surface area contributed by atoms with Gasteiger partial charge in [-0.25, -0.2) is 4.99 Å². The number of halogens is 1. The molecule has 0 unspecified atom stereocenters. The Labute approximate surface area is 137 Å². The lowest BCUT2D eigenvalue weighted by Crippen LogP contribution is -2.19. The zero-order valence-electron chi connectivity index (χ0n) is 12.1. The lowest BCUT2D eigenvalue weighted by atomic mass is 10.3. The van der Waals surface area contributed by atoms with Gasteiger partial charge in [0.2, 0.25) is 0 Å². The van der Waals surface area contributed by atoms with Crippen molar-refractivity contribution < 1.29 is 4.79 Å². The van der Waals surface area contributed by atoms with Crippen molar-refractivity contribution >= 4 is 46.2 Å². The first-order valence-electron chi connectivity index (χ1n) is 6.70. The standard InChI is InChI=1S/C16H14ClN3OS/c1-10-6-7-13(20(10)2)9-14-15(21)19-16(22-14)18-12-5-3-4-11(17)8-12/h3-9H,1-2H3,(H,18,19,21)/b14-9-. The molecule has 0 atom stereocenters. The van der Waals surface area contributed by atoms with Crippen molar-refractivity contribution in [2.24, 2.45) is 12.0 Å². The number of benzene rings is 1. The summed E-state index contributed by atoms with van der Waals surface area (Å²) in [6.07, 6.45) is 1.87. The third-order valence-corrected chi connectivity index (χ3v) is 4.53. The molecule has 6 heteroatoms. The Bertz CT molecular complexity index is 807.